The standard InChI is InChI=1S/C28H18N3.Ir/c1-17-7-3-6-10-22(17)27-18(2)11-12-25-28(27)24-14-20-9-5-4-8-19(20)13-23(24)26-15-21(16-29)30-31(25)26;/h3-11,13-15H,1-2H3;/q-1;. The first-order chi connectivity index (χ1) is 15.2. The van der Waals surface area contributed by atoms with Crippen LogP contribution in [-0.4, -0.2) is 9.61 Å². The molecule has 0 spiro atoms. The first kappa shape index (κ1) is 20.4. The summed E-state index contributed by atoms with van der Waals surface area (Å²) in [6.07, 6.45) is 0. The van der Waals surface area contributed by atoms with Crippen LogP contribution in [0.5, 0.6) is 0 Å². The molecule has 0 saturated carbocycles. The van der Waals surface area contributed by atoms with Crippen LogP contribution in [0.25, 0.3) is 49.1 Å². The van der Waals surface area contributed by atoms with Gasteiger partial charge in [0.05, 0.1) is 5.52 Å². The zero-order chi connectivity index (χ0) is 21.1. The van der Waals surface area contributed by atoms with E-state index in [4.69, 9.17) is 0 Å². The number of rotatable bonds is 1. The van der Waals surface area contributed by atoms with E-state index in [2.05, 4.69) is 91.7 Å². The average Bonchev–Trinajstić information content (AvgIpc) is 3.23. The molecule has 32 heavy (non-hydrogen) atoms. The van der Waals surface area contributed by atoms with Gasteiger partial charge in [-0.15, -0.1) is 5.56 Å². The van der Waals surface area contributed by atoms with Crippen molar-refractivity contribution >= 4 is 38.0 Å². The van der Waals surface area contributed by atoms with E-state index < -0.39 is 0 Å². The summed E-state index contributed by atoms with van der Waals surface area (Å²) in [5.74, 6) is 0. The second kappa shape index (κ2) is 7.57. The van der Waals surface area contributed by atoms with E-state index >= 15 is 0 Å². The van der Waals surface area contributed by atoms with E-state index in [-0.39, 0.29) is 20.1 Å². The Labute approximate surface area is 199 Å². The summed E-state index contributed by atoms with van der Waals surface area (Å²) in [5.41, 5.74) is 7.04. The summed E-state index contributed by atoms with van der Waals surface area (Å²) in [6, 6.07) is 30.9. The number of aryl methyl sites for hydroxylation is 2. The second-order valence-corrected chi connectivity index (χ2v) is 8.07. The molecule has 2 aromatic heterocycles. The van der Waals surface area contributed by atoms with Crippen LogP contribution in [0.2, 0.25) is 0 Å². The third-order valence-corrected chi connectivity index (χ3v) is 6.19. The minimum Gasteiger partial charge on any atom is -0.256 e. The van der Waals surface area contributed by atoms with Gasteiger partial charge in [0.25, 0.3) is 0 Å². The maximum absolute atomic E-state index is 9.53. The average molecular weight is 589 g/mol. The molecule has 0 bridgehead atoms. The van der Waals surface area contributed by atoms with Crippen LogP contribution < -0.4 is 0 Å². The van der Waals surface area contributed by atoms with Crippen LogP contribution in [0.4, 0.5) is 0 Å². The fourth-order valence-corrected chi connectivity index (χ4v) is 4.72. The smallest absolute Gasteiger partial charge is 0.163 e. The van der Waals surface area contributed by atoms with Gasteiger partial charge in [-0.05, 0) is 45.8 Å². The van der Waals surface area contributed by atoms with E-state index in [1.807, 2.05) is 16.6 Å². The third-order valence-electron chi connectivity index (χ3n) is 6.19. The van der Waals surface area contributed by atoms with Crippen LogP contribution in [0.1, 0.15) is 16.8 Å². The fraction of sp³-hybridized carbons (Fsp3) is 0.0714. The largest absolute Gasteiger partial charge is 0.256 e. The summed E-state index contributed by atoms with van der Waals surface area (Å²) >= 11 is 0. The van der Waals surface area contributed by atoms with Gasteiger partial charge < -0.3 is 0 Å². The second-order valence-electron chi connectivity index (χ2n) is 8.07. The molecular formula is C28H18IrN3-. The zero-order valence-corrected chi connectivity index (χ0v) is 20.0. The van der Waals surface area contributed by atoms with Gasteiger partial charge in [0.1, 0.15) is 6.07 Å². The van der Waals surface area contributed by atoms with Gasteiger partial charge in [0.15, 0.2) is 5.69 Å². The van der Waals surface area contributed by atoms with Crippen molar-refractivity contribution in [1.82, 2.24) is 9.61 Å². The predicted octanol–water partition coefficient (Wildman–Crippen LogP) is 6.75. The predicted molar refractivity (Wildman–Crippen MR) is 126 cm³/mol. The van der Waals surface area contributed by atoms with Crippen molar-refractivity contribution < 1.29 is 20.1 Å². The van der Waals surface area contributed by atoms with Gasteiger partial charge in [-0.2, -0.15) is 28.1 Å². The van der Waals surface area contributed by atoms with Crippen LogP contribution in [-0.2, 0) is 20.1 Å². The van der Waals surface area contributed by atoms with Crippen molar-refractivity contribution in [3.8, 4) is 17.2 Å². The van der Waals surface area contributed by atoms with E-state index in [0.717, 1.165) is 27.2 Å². The topological polar surface area (TPSA) is 41.1 Å². The van der Waals surface area contributed by atoms with Crippen LogP contribution in [0.15, 0.2) is 72.8 Å². The summed E-state index contributed by atoms with van der Waals surface area (Å²) in [5, 5.41) is 19.9. The number of nitriles is 1. The first-order valence-electron chi connectivity index (χ1n) is 10.3. The molecule has 0 unspecified atom stereocenters. The number of aromatic nitrogens is 2. The van der Waals surface area contributed by atoms with Gasteiger partial charge >= 0.3 is 0 Å². The number of hydrogen-bond donors (Lipinski definition) is 0. The van der Waals surface area contributed by atoms with Gasteiger partial charge in [-0.1, -0.05) is 72.3 Å². The van der Waals surface area contributed by atoms with Crippen LogP contribution in [0.3, 0.4) is 0 Å². The maximum Gasteiger partial charge on any atom is 0.163 e. The Kier molecular flexibility index (Phi) is 4.82. The van der Waals surface area contributed by atoms with Crippen molar-refractivity contribution in [1.29, 1.82) is 5.26 Å². The van der Waals surface area contributed by atoms with Crippen LogP contribution in [0, 0.1) is 31.2 Å². The third kappa shape index (κ3) is 2.87. The van der Waals surface area contributed by atoms with E-state index in [1.165, 1.54) is 33.0 Å². The molecule has 0 N–H and O–H groups in total. The molecule has 155 valence electrons. The molecule has 3 nitrogen and oxygen atoms in total. The van der Waals surface area contributed by atoms with E-state index in [9.17, 15) is 5.26 Å². The molecule has 0 aliphatic heterocycles. The molecule has 4 heteroatoms. The number of benzene rings is 4. The van der Waals surface area contributed by atoms with Crippen LogP contribution >= 0.6 is 0 Å². The maximum atomic E-state index is 9.53. The minimum atomic E-state index is 0. The molecule has 0 saturated heterocycles. The van der Waals surface area contributed by atoms with Crippen molar-refractivity contribution in [2.45, 2.75) is 13.8 Å². The van der Waals surface area contributed by atoms with Crippen molar-refractivity contribution in [2.24, 2.45) is 0 Å². The Bertz CT molecular complexity index is 1720. The van der Waals surface area contributed by atoms with Gasteiger partial charge in [0, 0.05) is 26.2 Å². The molecule has 1 radical (unpaired) electrons. The van der Waals surface area contributed by atoms with Crippen molar-refractivity contribution in [3.05, 3.63) is 95.7 Å². The normalized spacial score (nSPS) is 11.2. The SMILES string of the molecule is Cc1ccccc1-c1c(C)c[c-]c2c1c1cc3ccccc3cc1c1cc(C#N)nn21.[Ir]. The molecule has 0 aliphatic carbocycles. The summed E-state index contributed by atoms with van der Waals surface area (Å²) in [6.45, 7) is 4.29. The Hall–Kier alpha value is -3.51. The zero-order valence-electron chi connectivity index (χ0n) is 17.6. The van der Waals surface area contributed by atoms with Gasteiger partial charge in [-0.25, -0.2) is 0 Å². The molecule has 6 aromatic rings. The Balaban J connectivity index is 0.00000216. The van der Waals surface area contributed by atoms with Crippen molar-refractivity contribution in [3.63, 3.8) is 0 Å². The monoisotopic (exact) mass is 589 g/mol. The summed E-state index contributed by atoms with van der Waals surface area (Å²) < 4.78 is 1.88. The van der Waals surface area contributed by atoms with Crippen molar-refractivity contribution in [2.75, 3.05) is 0 Å². The fourth-order valence-electron chi connectivity index (χ4n) is 4.72. The molecule has 6 rings (SSSR count). The first-order valence-corrected chi connectivity index (χ1v) is 10.3. The molecule has 0 amide bonds. The van der Waals surface area contributed by atoms with E-state index in [0.29, 0.717) is 5.69 Å². The summed E-state index contributed by atoms with van der Waals surface area (Å²) in [7, 11) is 0. The minimum absolute atomic E-state index is 0. The molecule has 0 aliphatic rings. The number of hydrogen-bond acceptors (Lipinski definition) is 2. The molecule has 2 heterocycles. The number of pyridine rings is 1. The quantitative estimate of drug-likeness (QED) is 0.121. The molecule has 0 fully saturated rings. The Morgan fingerprint density at radius 3 is 2.28 bits per heavy atom. The molecule has 4 aromatic carbocycles. The molecule has 0 atom stereocenters. The van der Waals surface area contributed by atoms with Gasteiger partial charge in [-0.3, -0.25) is 4.52 Å². The summed E-state index contributed by atoms with van der Waals surface area (Å²) in [4.78, 5) is 0. The molecular weight excluding hydrogens is 571 g/mol. The van der Waals surface area contributed by atoms with E-state index in [1.54, 1.807) is 0 Å². The number of nitrogens with zero attached hydrogens (tertiary/aromatic N) is 3. The Morgan fingerprint density at radius 2 is 1.56 bits per heavy atom. The van der Waals surface area contributed by atoms with Gasteiger partial charge in [0.2, 0.25) is 0 Å². The Morgan fingerprint density at radius 1 is 0.875 bits per heavy atom. The number of fused-ring (bicyclic) bond motifs is 7.